The summed E-state index contributed by atoms with van der Waals surface area (Å²) < 4.78 is 0. The third-order valence-corrected chi connectivity index (χ3v) is 6.12. The van der Waals surface area contributed by atoms with Crippen LogP contribution in [0.5, 0.6) is 0 Å². The van der Waals surface area contributed by atoms with Crippen LogP contribution in [0.2, 0.25) is 0 Å². The zero-order valence-corrected chi connectivity index (χ0v) is 20.6. The van der Waals surface area contributed by atoms with Gasteiger partial charge in [-0.3, -0.25) is 9.59 Å². The number of aryl methyl sites for hydroxylation is 1. The maximum atomic E-state index is 12.7. The van der Waals surface area contributed by atoms with Crippen molar-refractivity contribution in [1.29, 1.82) is 0 Å². The van der Waals surface area contributed by atoms with Crippen molar-refractivity contribution in [3.63, 3.8) is 0 Å². The predicted octanol–water partition coefficient (Wildman–Crippen LogP) is 5.37. The molecule has 33 heavy (non-hydrogen) atoms. The van der Waals surface area contributed by atoms with Gasteiger partial charge in [0, 0.05) is 50.4 Å². The van der Waals surface area contributed by atoms with Crippen LogP contribution in [0.25, 0.3) is 0 Å². The van der Waals surface area contributed by atoms with E-state index in [-0.39, 0.29) is 17.2 Å². The smallest absolute Gasteiger partial charge is 0.224 e. The minimum atomic E-state index is 0.0272. The number of nitrogens with zero attached hydrogens (tertiary/aromatic N) is 2. The first-order valence-corrected chi connectivity index (χ1v) is 12.2. The monoisotopic (exact) mass is 449 g/mol. The lowest BCUT2D eigenvalue weighted by Crippen LogP contribution is -2.49. The van der Waals surface area contributed by atoms with Crippen molar-refractivity contribution in [2.24, 2.45) is 11.3 Å². The molecule has 1 saturated heterocycles. The molecule has 0 aromatic heterocycles. The molecule has 0 aliphatic carbocycles. The Kier molecular flexibility index (Phi) is 8.54. The first kappa shape index (κ1) is 24.8. The number of rotatable bonds is 8. The lowest BCUT2D eigenvalue weighted by molar-refractivity contribution is -0.132. The molecule has 2 amide bonds. The average Bonchev–Trinajstić information content (AvgIpc) is 2.78. The molecule has 2 aromatic carbocycles. The Balaban J connectivity index is 1.42. The van der Waals surface area contributed by atoms with Crippen LogP contribution in [-0.4, -0.2) is 42.9 Å². The zero-order chi connectivity index (χ0) is 23.8. The molecule has 0 spiro atoms. The van der Waals surface area contributed by atoms with Gasteiger partial charge in [-0.05, 0) is 54.0 Å². The van der Waals surface area contributed by atoms with Gasteiger partial charge in [0.1, 0.15) is 0 Å². The second kappa shape index (κ2) is 11.4. The molecule has 1 aliphatic heterocycles. The fourth-order valence-corrected chi connectivity index (χ4v) is 4.64. The number of piperazine rings is 1. The summed E-state index contributed by atoms with van der Waals surface area (Å²) in [5.41, 5.74) is 3.37. The second-order valence-electron chi connectivity index (χ2n) is 10.5. The third-order valence-electron chi connectivity index (χ3n) is 6.12. The summed E-state index contributed by atoms with van der Waals surface area (Å²) in [5, 5.41) is 2.99. The molecule has 0 radical (unpaired) electrons. The van der Waals surface area contributed by atoms with E-state index < -0.39 is 0 Å². The van der Waals surface area contributed by atoms with Gasteiger partial charge in [0.25, 0.3) is 0 Å². The predicted molar refractivity (Wildman–Crippen MR) is 136 cm³/mol. The van der Waals surface area contributed by atoms with Gasteiger partial charge in [-0.2, -0.15) is 0 Å². The van der Waals surface area contributed by atoms with E-state index in [1.807, 2.05) is 47.4 Å². The van der Waals surface area contributed by atoms with E-state index in [1.165, 1.54) is 5.56 Å². The Bertz CT molecular complexity index is 895. The van der Waals surface area contributed by atoms with Crippen LogP contribution in [-0.2, 0) is 16.0 Å². The van der Waals surface area contributed by atoms with Crippen LogP contribution in [0.15, 0.2) is 54.6 Å². The van der Waals surface area contributed by atoms with Crippen molar-refractivity contribution in [3.8, 4) is 0 Å². The lowest BCUT2D eigenvalue weighted by Gasteiger charge is -2.37. The number of carbonyl (C=O) groups excluding carboxylic acids is 2. The summed E-state index contributed by atoms with van der Waals surface area (Å²) in [5.74, 6) is 0.713. The molecule has 1 atom stereocenters. The number of benzene rings is 2. The third kappa shape index (κ3) is 8.23. The first-order valence-electron chi connectivity index (χ1n) is 12.2. The number of hydrogen-bond donors (Lipinski definition) is 1. The normalized spacial score (nSPS) is 15.3. The molecule has 0 saturated carbocycles. The molecular weight excluding hydrogens is 410 g/mol. The molecule has 178 valence electrons. The molecule has 1 heterocycles. The summed E-state index contributed by atoms with van der Waals surface area (Å²) in [6.07, 6.45) is 2.91. The Morgan fingerprint density at radius 2 is 1.58 bits per heavy atom. The van der Waals surface area contributed by atoms with E-state index in [0.29, 0.717) is 18.8 Å². The van der Waals surface area contributed by atoms with Crippen molar-refractivity contribution in [3.05, 3.63) is 60.2 Å². The van der Waals surface area contributed by atoms with Crippen LogP contribution >= 0.6 is 0 Å². The van der Waals surface area contributed by atoms with Gasteiger partial charge >= 0.3 is 0 Å². The van der Waals surface area contributed by atoms with Crippen LogP contribution in [0.1, 0.15) is 52.5 Å². The number of carbonyl (C=O) groups is 2. The van der Waals surface area contributed by atoms with E-state index in [1.54, 1.807) is 0 Å². The van der Waals surface area contributed by atoms with E-state index >= 15 is 0 Å². The zero-order valence-electron chi connectivity index (χ0n) is 20.6. The largest absolute Gasteiger partial charge is 0.368 e. The maximum absolute atomic E-state index is 12.7. The fraction of sp³-hybridized carbons (Fsp3) is 0.500. The van der Waals surface area contributed by atoms with Crippen molar-refractivity contribution in [1.82, 2.24) is 4.90 Å². The van der Waals surface area contributed by atoms with Gasteiger partial charge < -0.3 is 15.1 Å². The van der Waals surface area contributed by atoms with Crippen LogP contribution in [0.4, 0.5) is 11.4 Å². The van der Waals surface area contributed by atoms with E-state index in [0.717, 1.165) is 50.4 Å². The fourth-order valence-electron chi connectivity index (χ4n) is 4.64. The Morgan fingerprint density at radius 1 is 0.939 bits per heavy atom. The van der Waals surface area contributed by atoms with Gasteiger partial charge in [-0.15, -0.1) is 0 Å². The highest BCUT2D eigenvalue weighted by molar-refractivity contribution is 5.91. The topological polar surface area (TPSA) is 52.7 Å². The number of amides is 2. The summed E-state index contributed by atoms with van der Waals surface area (Å²) in [4.78, 5) is 29.3. The molecule has 3 rings (SSSR count). The van der Waals surface area contributed by atoms with Crippen LogP contribution < -0.4 is 10.2 Å². The quantitative estimate of drug-likeness (QED) is 0.590. The molecule has 1 unspecified atom stereocenters. The van der Waals surface area contributed by atoms with Crippen molar-refractivity contribution >= 4 is 23.2 Å². The van der Waals surface area contributed by atoms with Gasteiger partial charge in [-0.25, -0.2) is 0 Å². The SMILES string of the molecule is CC(CC(=O)N1CCN(c2ccc(NC(=O)CCc3ccccc3)cc2)CC1)CC(C)(C)C. The highest BCUT2D eigenvalue weighted by atomic mass is 16.2. The molecule has 0 bridgehead atoms. The minimum Gasteiger partial charge on any atom is -0.368 e. The molecule has 2 aromatic rings. The molecule has 1 fully saturated rings. The summed E-state index contributed by atoms with van der Waals surface area (Å²) in [7, 11) is 0. The number of hydrogen-bond acceptors (Lipinski definition) is 3. The molecule has 5 nitrogen and oxygen atoms in total. The molecular formula is C28H39N3O2. The van der Waals surface area contributed by atoms with Crippen molar-refractivity contribution in [2.75, 3.05) is 36.4 Å². The van der Waals surface area contributed by atoms with Crippen molar-refractivity contribution in [2.45, 2.75) is 53.4 Å². The van der Waals surface area contributed by atoms with Crippen molar-refractivity contribution < 1.29 is 9.59 Å². The summed E-state index contributed by atoms with van der Waals surface area (Å²) >= 11 is 0. The van der Waals surface area contributed by atoms with E-state index in [2.05, 4.69) is 50.0 Å². The standard InChI is InChI=1S/C28H39N3O2/c1-22(21-28(2,3)4)20-27(33)31-18-16-30(17-19-31)25-13-11-24(12-14-25)29-26(32)15-10-23-8-6-5-7-9-23/h5-9,11-14,22H,10,15-21H2,1-4H3,(H,29,32). The Labute approximate surface area is 199 Å². The van der Waals surface area contributed by atoms with Crippen LogP contribution in [0, 0.1) is 11.3 Å². The number of anilines is 2. The molecule has 1 aliphatic rings. The molecule has 1 N–H and O–H groups in total. The molecule has 5 heteroatoms. The van der Waals surface area contributed by atoms with Gasteiger partial charge in [0.05, 0.1) is 0 Å². The Morgan fingerprint density at radius 3 is 2.18 bits per heavy atom. The van der Waals surface area contributed by atoms with Crippen LogP contribution in [0.3, 0.4) is 0 Å². The highest BCUT2D eigenvalue weighted by Crippen LogP contribution is 2.27. The summed E-state index contributed by atoms with van der Waals surface area (Å²) in [6.45, 7) is 12.1. The maximum Gasteiger partial charge on any atom is 0.224 e. The average molecular weight is 450 g/mol. The van der Waals surface area contributed by atoms with Gasteiger partial charge in [-0.1, -0.05) is 58.0 Å². The highest BCUT2D eigenvalue weighted by Gasteiger charge is 2.24. The van der Waals surface area contributed by atoms with E-state index in [9.17, 15) is 9.59 Å². The number of nitrogens with one attached hydrogen (secondary N) is 1. The Hall–Kier alpha value is -2.82. The first-order chi connectivity index (χ1) is 15.7. The minimum absolute atomic E-state index is 0.0272. The van der Waals surface area contributed by atoms with Gasteiger partial charge in [0.2, 0.25) is 11.8 Å². The van der Waals surface area contributed by atoms with Gasteiger partial charge in [0.15, 0.2) is 0 Å². The van der Waals surface area contributed by atoms with E-state index in [4.69, 9.17) is 0 Å². The summed E-state index contributed by atoms with van der Waals surface area (Å²) in [6, 6.07) is 18.1. The lowest BCUT2D eigenvalue weighted by atomic mass is 9.84. The second-order valence-corrected chi connectivity index (χ2v) is 10.5.